The molecule has 0 aliphatic rings. The first-order valence-corrected chi connectivity index (χ1v) is 7.42. The van der Waals surface area contributed by atoms with Gasteiger partial charge in [-0.1, -0.05) is 31.2 Å². The number of hydrazine groups is 1. The number of nitrogens with zero attached hydrogens (tertiary/aromatic N) is 1. The Morgan fingerprint density at radius 1 is 1.24 bits per heavy atom. The van der Waals surface area contributed by atoms with Crippen LogP contribution in [-0.4, -0.2) is 11.6 Å². The number of nitrogens with one attached hydrogen (secondary N) is 1. The molecule has 112 valence electrons. The molecule has 1 heterocycles. The summed E-state index contributed by atoms with van der Waals surface area (Å²) in [5.41, 5.74) is 5.23. The second kappa shape index (κ2) is 8.39. The molecule has 2 aromatic rings. The standard InChI is InChI=1S/C17H23N3O/c1-2-12-21-17-8-4-3-7-15(17)16(20-18)10-9-14-6-5-11-19-13-14/h3-8,11,13,16,20H,2,9-10,12,18H2,1H3. The van der Waals surface area contributed by atoms with Gasteiger partial charge in [-0.3, -0.25) is 16.3 Å². The third-order valence-electron chi connectivity index (χ3n) is 3.40. The first-order chi connectivity index (χ1) is 10.3. The molecule has 4 heteroatoms. The van der Waals surface area contributed by atoms with Crippen molar-refractivity contribution in [1.82, 2.24) is 10.4 Å². The van der Waals surface area contributed by atoms with Gasteiger partial charge in [-0.05, 0) is 37.0 Å². The zero-order valence-corrected chi connectivity index (χ0v) is 12.5. The highest BCUT2D eigenvalue weighted by atomic mass is 16.5. The van der Waals surface area contributed by atoms with Crippen molar-refractivity contribution >= 4 is 0 Å². The van der Waals surface area contributed by atoms with E-state index in [0.717, 1.165) is 37.2 Å². The first kappa shape index (κ1) is 15.5. The van der Waals surface area contributed by atoms with Crippen LogP contribution in [0.25, 0.3) is 0 Å². The lowest BCUT2D eigenvalue weighted by Crippen LogP contribution is -2.28. The van der Waals surface area contributed by atoms with Crippen molar-refractivity contribution in [2.24, 2.45) is 5.84 Å². The van der Waals surface area contributed by atoms with Crippen LogP contribution >= 0.6 is 0 Å². The zero-order chi connectivity index (χ0) is 14.9. The molecule has 1 unspecified atom stereocenters. The van der Waals surface area contributed by atoms with Gasteiger partial charge in [0.05, 0.1) is 6.61 Å². The molecule has 0 saturated carbocycles. The molecule has 0 amide bonds. The highest BCUT2D eigenvalue weighted by Gasteiger charge is 2.14. The van der Waals surface area contributed by atoms with E-state index in [2.05, 4.69) is 29.5 Å². The van der Waals surface area contributed by atoms with Gasteiger partial charge in [0.2, 0.25) is 0 Å². The van der Waals surface area contributed by atoms with Crippen LogP contribution in [0.4, 0.5) is 0 Å². The van der Waals surface area contributed by atoms with Crippen molar-refractivity contribution in [3.05, 3.63) is 59.9 Å². The Bertz CT molecular complexity index is 531. The fourth-order valence-electron chi connectivity index (χ4n) is 2.30. The van der Waals surface area contributed by atoms with E-state index in [1.165, 1.54) is 5.56 Å². The van der Waals surface area contributed by atoms with Crippen molar-refractivity contribution in [2.45, 2.75) is 32.2 Å². The Labute approximate surface area is 126 Å². The van der Waals surface area contributed by atoms with Crippen LogP contribution in [-0.2, 0) is 6.42 Å². The first-order valence-electron chi connectivity index (χ1n) is 7.42. The average Bonchev–Trinajstić information content (AvgIpc) is 2.55. The minimum Gasteiger partial charge on any atom is -0.493 e. The molecule has 3 N–H and O–H groups in total. The Balaban J connectivity index is 2.06. The van der Waals surface area contributed by atoms with Crippen LogP contribution in [0, 0.1) is 0 Å². The summed E-state index contributed by atoms with van der Waals surface area (Å²) in [4.78, 5) is 4.14. The third kappa shape index (κ3) is 4.55. The smallest absolute Gasteiger partial charge is 0.124 e. The highest BCUT2D eigenvalue weighted by molar-refractivity contribution is 5.36. The van der Waals surface area contributed by atoms with Crippen molar-refractivity contribution in [3.8, 4) is 5.75 Å². The molecular weight excluding hydrogens is 262 g/mol. The number of pyridine rings is 1. The van der Waals surface area contributed by atoms with Crippen molar-refractivity contribution in [1.29, 1.82) is 0 Å². The number of para-hydroxylation sites is 1. The lowest BCUT2D eigenvalue weighted by molar-refractivity contribution is 0.309. The number of rotatable bonds is 8. The molecule has 1 aromatic heterocycles. The van der Waals surface area contributed by atoms with Crippen molar-refractivity contribution in [2.75, 3.05) is 6.61 Å². The number of hydrogen-bond donors (Lipinski definition) is 2. The summed E-state index contributed by atoms with van der Waals surface area (Å²) in [5.74, 6) is 6.66. The van der Waals surface area contributed by atoms with Crippen LogP contribution in [0.15, 0.2) is 48.8 Å². The van der Waals surface area contributed by atoms with Crippen LogP contribution in [0.2, 0.25) is 0 Å². The SMILES string of the molecule is CCCOc1ccccc1C(CCc1cccnc1)NN. The molecule has 0 saturated heterocycles. The van der Waals surface area contributed by atoms with Crippen LogP contribution in [0.5, 0.6) is 5.75 Å². The van der Waals surface area contributed by atoms with Crippen molar-refractivity contribution in [3.63, 3.8) is 0 Å². The molecule has 1 atom stereocenters. The molecule has 2 rings (SSSR count). The predicted octanol–water partition coefficient (Wildman–Crippen LogP) is 3.01. The monoisotopic (exact) mass is 285 g/mol. The van der Waals surface area contributed by atoms with Crippen LogP contribution in [0.3, 0.4) is 0 Å². The maximum Gasteiger partial charge on any atom is 0.124 e. The molecule has 0 aliphatic heterocycles. The lowest BCUT2D eigenvalue weighted by atomic mass is 9.99. The van der Waals surface area contributed by atoms with E-state index in [1.807, 2.05) is 30.5 Å². The molecule has 0 radical (unpaired) electrons. The fourth-order valence-corrected chi connectivity index (χ4v) is 2.30. The lowest BCUT2D eigenvalue weighted by Gasteiger charge is -2.20. The molecule has 21 heavy (non-hydrogen) atoms. The summed E-state index contributed by atoms with van der Waals surface area (Å²) >= 11 is 0. The Morgan fingerprint density at radius 3 is 2.81 bits per heavy atom. The minimum atomic E-state index is 0.0678. The van der Waals surface area contributed by atoms with E-state index >= 15 is 0 Å². The molecular formula is C17H23N3O. The number of hydrogen-bond acceptors (Lipinski definition) is 4. The van der Waals surface area contributed by atoms with Crippen molar-refractivity contribution < 1.29 is 4.74 Å². The summed E-state index contributed by atoms with van der Waals surface area (Å²) in [6, 6.07) is 12.2. The maximum atomic E-state index is 5.81. The van der Waals surface area contributed by atoms with E-state index in [-0.39, 0.29) is 6.04 Å². The number of ether oxygens (including phenoxy) is 1. The summed E-state index contributed by atoms with van der Waals surface area (Å²) in [6.07, 6.45) is 6.49. The number of nitrogens with two attached hydrogens (primary N) is 1. The number of benzene rings is 1. The zero-order valence-electron chi connectivity index (χ0n) is 12.5. The maximum absolute atomic E-state index is 5.81. The third-order valence-corrected chi connectivity index (χ3v) is 3.40. The van der Waals surface area contributed by atoms with Gasteiger partial charge in [0, 0.05) is 24.0 Å². The van der Waals surface area contributed by atoms with E-state index in [4.69, 9.17) is 10.6 Å². The minimum absolute atomic E-state index is 0.0678. The average molecular weight is 285 g/mol. The second-order valence-electron chi connectivity index (χ2n) is 5.01. The van der Waals surface area contributed by atoms with Crippen LogP contribution < -0.4 is 16.0 Å². The molecule has 4 nitrogen and oxygen atoms in total. The summed E-state index contributed by atoms with van der Waals surface area (Å²) in [6.45, 7) is 2.82. The van der Waals surface area contributed by atoms with Gasteiger partial charge in [0.15, 0.2) is 0 Å². The largest absolute Gasteiger partial charge is 0.493 e. The number of aromatic nitrogens is 1. The molecule has 1 aromatic carbocycles. The van der Waals surface area contributed by atoms with E-state index in [0.29, 0.717) is 0 Å². The topological polar surface area (TPSA) is 60.2 Å². The summed E-state index contributed by atoms with van der Waals surface area (Å²) < 4.78 is 5.81. The number of aryl methyl sites for hydroxylation is 1. The van der Waals surface area contributed by atoms with E-state index < -0.39 is 0 Å². The summed E-state index contributed by atoms with van der Waals surface area (Å²) in [5, 5.41) is 0. The highest BCUT2D eigenvalue weighted by Crippen LogP contribution is 2.27. The molecule has 0 bridgehead atoms. The van der Waals surface area contributed by atoms with Gasteiger partial charge in [-0.15, -0.1) is 0 Å². The van der Waals surface area contributed by atoms with Gasteiger partial charge in [-0.25, -0.2) is 0 Å². The van der Waals surface area contributed by atoms with Gasteiger partial charge < -0.3 is 4.74 Å². The molecule has 0 fully saturated rings. The predicted molar refractivity (Wildman–Crippen MR) is 84.9 cm³/mol. The van der Waals surface area contributed by atoms with Gasteiger partial charge in [0.1, 0.15) is 5.75 Å². The second-order valence-corrected chi connectivity index (χ2v) is 5.01. The van der Waals surface area contributed by atoms with E-state index in [9.17, 15) is 0 Å². The Hall–Kier alpha value is -1.91. The molecule has 0 spiro atoms. The van der Waals surface area contributed by atoms with E-state index in [1.54, 1.807) is 6.20 Å². The normalized spacial score (nSPS) is 12.1. The Morgan fingerprint density at radius 2 is 2.10 bits per heavy atom. The quantitative estimate of drug-likeness (QED) is 0.578. The Kier molecular flexibility index (Phi) is 6.19. The fraction of sp³-hybridized carbons (Fsp3) is 0.353. The van der Waals surface area contributed by atoms with Gasteiger partial charge in [-0.2, -0.15) is 0 Å². The van der Waals surface area contributed by atoms with Gasteiger partial charge in [0.25, 0.3) is 0 Å². The molecule has 0 aliphatic carbocycles. The van der Waals surface area contributed by atoms with Gasteiger partial charge >= 0.3 is 0 Å². The summed E-state index contributed by atoms with van der Waals surface area (Å²) in [7, 11) is 0. The van der Waals surface area contributed by atoms with Crippen LogP contribution in [0.1, 0.15) is 36.9 Å².